The Morgan fingerprint density at radius 1 is 1.33 bits per heavy atom. The van der Waals surface area contributed by atoms with E-state index in [9.17, 15) is 9.59 Å². The number of carbonyl (C=O) groups excluding carboxylic acids is 2. The predicted octanol–water partition coefficient (Wildman–Crippen LogP) is 2.44. The van der Waals surface area contributed by atoms with E-state index in [1.807, 2.05) is 12.3 Å². The second-order valence-electron chi connectivity index (χ2n) is 4.69. The Balaban J connectivity index is 1.93. The van der Waals surface area contributed by atoms with Crippen molar-refractivity contribution in [2.45, 2.75) is 19.9 Å². The number of Topliss-reactive ketones (excluding diaryl/α,β-unsaturated/α-hetero) is 1. The van der Waals surface area contributed by atoms with Gasteiger partial charge in [0, 0.05) is 5.38 Å². The molecule has 0 saturated carbocycles. The van der Waals surface area contributed by atoms with Crippen molar-refractivity contribution in [2.75, 3.05) is 12.0 Å². The second-order valence-corrected chi connectivity index (χ2v) is 5.63. The summed E-state index contributed by atoms with van der Waals surface area (Å²) in [6.07, 6.45) is 0.866. The molecule has 2 heterocycles. The lowest BCUT2D eigenvalue weighted by atomic mass is 10.1. The zero-order chi connectivity index (χ0) is 15.0. The smallest absolute Gasteiger partial charge is 0.299 e. The number of anilines is 1. The quantitative estimate of drug-likeness (QED) is 0.814. The van der Waals surface area contributed by atoms with E-state index in [0.717, 1.165) is 17.1 Å². The van der Waals surface area contributed by atoms with E-state index in [2.05, 4.69) is 4.98 Å². The van der Waals surface area contributed by atoms with Gasteiger partial charge < -0.3 is 4.74 Å². The number of hydrogen-bond donors (Lipinski definition) is 0. The normalized spacial score (nSPS) is 13.7. The van der Waals surface area contributed by atoms with Crippen LogP contribution in [0.2, 0.25) is 0 Å². The van der Waals surface area contributed by atoms with Gasteiger partial charge in [0.15, 0.2) is 0 Å². The third kappa shape index (κ3) is 2.31. The molecule has 108 valence electrons. The molecule has 21 heavy (non-hydrogen) atoms. The number of methoxy groups -OCH3 is 1. The molecular weight excluding hydrogens is 288 g/mol. The maximum absolute atomic E-state index is 12.2. The number of fused-ring (bicyclic) bond motifs is 1. The van der Waals surface area contributed by atoms with Crippen molar-refractivity contribution in [1.29, 1.82) is 0 Å². The number of benzene rings is 1. The number of ether oxygens (including phenoxy) is 1. The molecule has 2 aromatic rings. The average molecular weight is 302 g/mol. The average Bonchev–Trinajstić information content (AvgIpc) is 3.06. The third-order valence-corrected chi connectivity index (χ3v) is 4.44. The van der Waals surface area contributed by atoms with E-state index in [4.69, 9.17) is 4.74 Å². The van der Waals surface area contributed by atoms with Crippen LogP contribution < -0.4 is 9.64 Å². The Bertz CT molecular complexity index is 723. The number of hydrogen-bond acceptors (Lipinski definition) is 5. The Morgan fingerprint density at radius 3 is 2.81 bits per heavy atom. The Kier molecular flexibility index (Phi) is 3.47. The first-order chi connectivity index (χ1) is 10.1. The summed E-state index contributed by atoms with van der Waals surface area (Å²) in [6, 6.07) is 5.09. The van der Waals surface area contributed by atoms with Crippen LogP contribution in [0.15, 0.2) is 23.6 Å². The van der Waals surface area contributed by atoms with Crippen molar-refractivity contribution >= 4 is 28.7 Å². The monoisotopic (exact) mass is 302 g/mol. The van der Waals surface area contributed by atoms with Crippen molar-refractivity contribution in [3.8, 4) is 5.75 Å². The summed E-state index contributed by atoms with van der Waals surface area (Å²) < 4.78 is 5.10. The fraction of sp³-hybridized carbons (Fsp3) is 0.267. The highest BCUT2D eigenvalue weighted by Gasteiger charge is 2.36. The molecule has 1 amide bonds. The van der Waals surface area contributed by atoms with E-state index >= 15 is 0 Å². The molecule has 0 unspecified atom stereocenters. The molecule has 3 rings (SSSR count). The lowest BCUT2D eigenvalue weighted by molar-refractivity contribution is -0.114. The second kappa shape index (κ2) is 5.29. The minimum Gasteiger partial charge on any atom is -0.497 e. The first-order valence-corrected chi connectivity index (χ1v) is 7.49. The molecule has 1 aliphatic heterocycles. The molecule has 1 aromatic carbocycles. The molecule has 1 aromatic heterocycles. The Morgan fingerprint density at radius 2 is 2.14 bits per heavy atom. The van der Waals surface area contributed by atoms with Crippen LogP contribution in [0.25, 0.3) is 0 Å². The van der Waals surface area contributed by atoms with Crippen molar-refractivity contribution in [1.82, 2.24) is 4.98 Å². The van der Waals surface area contributed by atoms with Crippen molar-refractivity contribution in [2.24, 2.45) is 0 Å². The number of aromatic nitrogens is 1. The summed E-state index contributed by atoms with van der Waals surface area (Å²) in [7, 11) is 1.53. The highest BCUT2D eigenvalue weighted by Crippen LogP contribution is 2.33. The molecule has 0 saturated heterocycles. The van der Waals surface area contributed by atoms with Gasteiger partial charge in [-0.25, -0.2) is 4.98 Å². The molecule has 0 N–H and O–H groups in total. The molecule has 0 aliphatic carbocycles. The van der Waals surface area contributed by atoms with Gasteiger partial charge in [0.1, 0.15) is 5.75 Å². The standard InChI is InChI=1S/C15H14N2O3S/c1-3-13-16-9(8-21-13)7-17-12-5-4-10(20-2)6-11(12)14(18)15(17)19/h4-6,8H,3,7H2,1-2H3. The van der Waals surface area contributed by atoms with E-state index in [-0.39, 0.29) is 0 Å². The zero-order valence-corrected chi connectivity index (χ0v) is 12.6. The minimum absolute atomic E-state index is 0.320. The van der Waals surface area contributed by atoms with Gasteiger partial charge >= 0.3 is 0 Å². The Hall–Kier alpha value is -2.21. The number of ketones is 1. The van der Waals surface area contributed by atoms with Gasteiger partial charge in [-0.05, 0) is 24.6 Å². The summed E-state index contributed by atoms with van der Waals surface area (Å²) in [4.78, 5) is 30.1. The molecule has 1 aliphatic rings. The molecule has 0 bridgehead atoms. The molecule has 0 atom stereocenters. The minimum atomic E-state index is -0.510. The Labute approximate surface area is 126 Å². The first kappa shape index (κ1) is 13.8. The van der Waals surface area contributed by atoms with Crippen LogP contribution in [-0.4, -0.2) is 23.8 Å². The lowest BCUT2D eigenvalue weighted by Crippen LogP contribution is -2.29. The number of carbonyl (C=O) groups is 2. The molecule has 0 spiro atoms. The maximum atomic E-state index is 12.2. The summed E-state index contributed by atoms with van der Waals surface area (Å²) in [6.45, 7) is 2.36. The molecule has 0 fully saturated rings. The number of thiazole rings is 1. The summed E-state index contributed by atoms with van der Waals surface area (Å²) >= 11 is 1.57. The van der Waals surface area contributed by atoms with Crippen LogP contribution in [0.1, 0.15) is 28.0 Å². The van der Waals surface area contributed by atoms with Gasteiger partial charge in [-0.2, -0.15) is 0 Å². The van der Waals surface area contributed by atoms with Gasteiger partial charge in [-0.3, -0.25) is 14.5 Å². The lowest BCUT2D eigenvalue weighted by Gasteiger charge is -2.15. The highest BCUT2D eigenvalue weighted by atomic mass is 32.1. The van der Waals surface area contributed by atoms with Crippen molar-refractivity contribution in [3.63, 3.8) is 0 Å². The van der Waals surface area contributed by atoms with Crippen molar-refractivity contribution < 1.29 is 14.3 Å². The summed E-state index contributed by atoms with van der Waals surface area (Å²) in [5.41, 5.74) is 1.82. The van der Waals surface area contributed by atoms with Crippen LogP contribution >= 0.6 is 11.3 Å². The fourth-order valence-electron chi connectivity index (χ4n) is 2.31. The van der Waals surface area contributed by atoms with Crippen LogP contribution in [0.5, 0.6) is 5.75 Å². The highest BCUT2D eigenvalue weighted by molar-refractivity contribution is 7.09. The molecule has 6 heteroatoms. The summed E-state index contributed by atoms with van der Waals surface area (Å²) in [5.74, 6) is -0.433. The number of aryl methyl sites for hydroxylation is 1. The predicted molar refractivity (Wildman–Crippen MR) is 80.0 cm³/mol. The van der Waals surface area contributed by atoms with Crippen molar-refractivity contribution in [3.05, 3.63) is 39.8 Å². The van der Waals surface area contributed by atoms with Crippen LogP contribution in [0, 0.1) is 0 Å². The van der Waals surface area contributed by atoms with Gasteiger partial charge in [0.25, 0.3) is 11.7 Å². The van der Waals surface area contributed by atoms with E-state index in [1.165, 1.54) is 12.0 Å². The van der Waals surface area contributed by atoms with Gasteiger partial charge in [0.2, 0.25) is 0 Å². The maximum Gasteiger partial charge on any atom is 0.299 e. The number of nitrogens with zero attached hydrogens (tertiary/aromatic N) is 2. The topological polar surface area (TPSA) is 59.5 Å². The largest absolute Gasteiger partial charge is 0.497 e. The van der Waals surface area contributed by atoms with Crippen LogP contribution in [-0.2, 0) is 17.8 Å². The SMILES string of the molecule is CCc1nc(CN2C(=O)C(=O)c3cc(OC)ccc32)cs1. The van der Waals surface area contributed by atoms with E-state index in [1.54, 1.807) is 29.5 Å². The summed E-state index contributed by atoms with van der Waals surface area (Å²) in [5, 5.41) is 2.95. The molecule has 0 radical (unpaired) electrons. The number of rotatable bonds is 4. The molecule has 5 nitrogen and oxygen atoms in total. The van der Waals surface area contributed by atoms with Crippen LogP contribution in [0.4, 0.5) is 5.69 Å². The van der Waals surface area contributed by atoms with E-state index in [0.29, 0.717) is 23.5 Å². The first-order valence-electron chi connectivity index (χ1n) is 6.61. The zero-order valence-electron chi connectivity index (χ0n) is 11.8. The fourth-order valence-corrected chi connectivity index (χ4v) is 3.05. The van der Waals surface area contributed by atoms with Gasteiger partial charge in [-0.15, -0.1) is 11.3 Å². The van der Waals surface area contributed by atoms with E-state index < -0.39 is 11.7 Å². The third-order valence-electron chi connectivity index (χ3n) is 3.40. The number of amides is 1. The van der Waals surface area contributed by atoms with Crippen LogP contribution in [0.3, 0.4) is 0 Å². The van der Waals surface area contributed by atoms with Gasteiger partial charge in [-0.1, -0.05) is 6.92 Å². The van der Waals surface area contributed by atoms with Gasteiger partial charge in [0.05, 0.1) is 35.6 Å². The molecular formula is C15H14N2O3S.